The zero-order chi connectivity index (χ0) is 22.8. The Balaban J connectivity index is 1.64. The minimum atomic E-state index is -0.113. The number of aromatic nitrogens is 4. The van der Waals surface area contributed by atoms with Gasteiger partial charge in [0.15, 0.2) is 0 Å². The topological polar surface area (TPSA) is 64.2 Å². The van der Waals surface area contributed by atoms with Crippen molar-refractivity contribution in [3.63, 3.8) is 0 Å². The molecule has 0 amide bonds. The number of nitrogens with one attached hydrogen (secondary N) is 1. The second-order valence-electron chi connectivity index (χ2n) is 10.2. The Kier molecular flexibility index (Phi) is 4.43. The normalized spacial score (nSPS) is 17.6. The number of pyridine rings is 1. The Bertz CT molecular complexity index is 1470. The van der Waals surface area contributed by atoms with Crippen LogP contribution < -0.4 is 10.9 Å². The van der Waals surface area contributed by atoms with E-state index in [2.05, 4.69) is 50.3 Å². The first kappa shape index (κ1) is 20.6. The summed E-state index contributed by atoms with van der Waals surface area (Å²) in [4.78, 5) is 18.0. The number of fused-ring (bicyclic) bond motifs is 2. The van der Waals surface area contributed by atoms with E-state index < -0.39 is 0 Å². The number of aryl methyl sites for hydroxylation is 2. The summed E-state index contributed by atoms with van der Waals surface area (Å²) in [5.41, 5.74) is 6.32. The molecule has 5 rings (SSSR count). The molecule has 0 radical (unpaired) electrons. The molecule has 6 nitrogen and oxygen atoms in total. The average Bonchev–Trinajstić information content (AvgIpc) is 3.05. The van der Waals surface area contributed by atoms with Gasteiger partial charge in [0.2, 0.25) is 0 Å². The molecule has 0 bridgehead atoms. The Morgan fingerprint density at radius 3 is 2.56 bits per heavy atom. The Morgan fingerprint density at radius 1 is 1.03 bits per heavy atom. The van der Waals surface area contributed by atoms with E-state index in [1.165, 1.54) is 5.57 Å². The molecule has 0 saturated carbocycles. The van der Waals surface area contributed by atoms with E-state index in [-0.39, 0.29) is 16.6 Å². The molecule has 1 aliphatic heterocycles. The third kappa shape index (κ3) is 3.65. The summed E-state index contributed by atoms with van der Waals surface area (Å²) in [5.74, 6) is 0. The zero-order valence-corrected chi connectivity index (χ0v) is 19.5. The fourth-order valence-electron chi connectivity index (χ4n) is 5.10. The summed E-state index contributed by atoms with van der Waals surface area (Å²) in [7, 11) is 1.90. The van der Waals surface area contributed by atoms with Crippen molar-refractivity contribution in [1.29, 1.82) is 0 Å². The summed E-state index contributed by atoms with van der Waals surface area (Å²) < 4.78 is 3.47. The van der Waals surface area contributed by atoms with Crippen molar-refractivity contribution < 1.29 is 0 Å². The van der Waals surface area contributed by atoms with Gasteiger partial charge in [-0.15, -0.1) is 0 Å². The summed E-state index contributed by atoms with van der Waals surface area (Å²) in [6, 6.07) is 9.75. The molecule has 6 heteroatoms. The van der Waals surface area contributed by atoms with Gasteiger partial charge in [0.1, 0.15) is 5.65 Å². The molecule has 1 aromatic carbocycles. The summed E-state index contributed by atoms with van der Waals surface area (Å²) in [6.45, 7) is 10.8. The Labute approximate surface area is 187 Å². The summed E-state index contributed by atoms with van der Waals surface area (Å²) >= 11 is 0. The monoisotopic (exact) mass is 427 g/mol. The van der Waals surface area contributed by atoms with Crippen molar-refractivity contribution in [2.45, 2.75) is 52.1 Å². The molecule has 0 fully saturated rings. The molecule has 4 heterocycles. The molecule has 164 valence electrons. The highest BCUT2D eigenvalue weighted by Crippen LogP contribution is 2.34. The number of benzene rings is 1. The van der Waals surface area contributed by atoms with Crippen LogP contribution in [0.25, 0.3) is 33.4 Å². The van der Waals surface area contributed by atoms with Crippen molar-refractivity contribution in [1.82, 2.24) is 24.5 Å². The van der Waals surface area contributed by atoms with E-state index >= 15 is 0 Å². The van der Waals surface area contributed by atoms with Crippen LogP contribution in [0.5, 0.6) is 0 Å². The number of rotatable bonds is 2. The van der Waals surface area contributed by atoms with Crippen molar-refractivity contribution in [3.8, 4) is 11.3 Å². The van der Waals surface area contributed by atoms with Crippen LogP contribution in [0, 0.1) is 6.92 Å². The van der Waals surface area contributed by atoms with Gasteiger partial charge in [0.25, 0.3) is 5.56 Å². The molecule has 0 unspecified atom stereocenters. The highest BCUT2D eigenvalue weighted by molar-refractivity contribution is 5.83. The van der Waals surface area contributed by atoms with Crippen LogP contribution in [0.15, 0.2) is 53.6 Å². The molecular weight excluding hydrogens is 398 g/mol. The highest BCUT2D eigenvalue weighted by atomic mass is 16.1. The lowest BCUT2D eigenvalue weighted by Gasteiger charge is -2.41. The molecular formula is C26H29N5O. The maximum Gasteiger partial charge on any atom is 0.258 e. The number of hydrogen-bond acceptors (Lipinski definition) is 4. The van der Waals surface area contributed by atoms with Crippen LogP contribution in [0.1, 0.15) is 45.2 Å². The number of hydrogen-bond donors (Lipinski definition) is 1. The molecule has 0 spiro atoms. The quantitative estimate of drug-likeness (QED) is 0.512. The lowest BCUT2D eigenvalue weighted by molar-refractivity contribution is 0.297. The Morgan fingerprint density at radius 2 is 1.81 bits per heavy atom. The molecule has 4 aromatic rings. The Hall–Kier alpha value is -3.25. The van der Waals surface area contributed by atoms with Gasteiger partial charge in [-0.1, -0.05) is 12.1 Å². The van der Waals surface area contributed by atoms with Crippen molar-refractivity contribution in [3.05, 3.63) is 70.3 Å². The third-order valence-corrected chi connectivity index (χ3v) is 6.06. The lowest BCUT2D eigenvalue weighted by atomic mass is 9.81. The largest absolute Gasteiger partial charge is 0.303 e. The van der Waals surface area contributed by atoms with Gasteiger partial charge in [0.05, 0.1) is 11.2 Å². The summed E-state index contributed by atoms with van der Waals surface area (Å²) in [6.07, 6.45) is 7.08. The van der Waals surface area contributed by atoms with Crippen molar-refractivity contribution in [2.24, 2.45) is 7.05 Å². The minimum absolute atomic E-state index is 0.0194. The van der Waals surface area contributed by atoms with Crippen LogP contribution >= 0.6 is 0 Å². The first-order valence-electron chi connectivity index (χ1n) is 11.0. The van der Waals surface area contributed by atoms with E-state index in [0.29, 0.717) is 11.3 Å². The standard InChI is InChI=1S/C26H29N5O/c1-16-9-18(20-12-25(2,3)29-26(4,5)13-20)15-31-23(32)11-22(27-24(16)31)17-7-8-21-19(10-17)14-30(6)28-21/h7-12,14-15,29H,13H2,1-6H3. The van der Waals surface area contributed by atoms with Gasteiger partial charge < -0.3 is 5.32 Å². The molecule has 0 saturated heterocycles. The molecule has 1 aliphatic rings. The second kappa shape index (κ2) is 6.87. The molecule has 0 aliphatic carbocycles. The first-order chi connectivity index (χ1) is 15.0. The fourth-order valence-corrected chi connectivity index (χ4v) is 5.10. The zero-order valence-electron chi connectivity index (χ0n) is 19.5. The highest BCUT2D eigenvalue weighted by Gasteiger charge is 2.32. The average molecular weight is 428 g/mol. The maximum atomic E-state index is 13.2. The van der Waals surface area contributed by atoms with Gasteiger partial charge in [-0.25, -0.2) is 4.98 Å². The second-order valence-corrected chi connectivity index (χ2v) is 10.2. The molecule has 32 heavy (non-hydrogen) atoms. The van der Waals surface area contributed by atoms with Crippen molar-refractivity contribution >= 4 is 22.1 Å². The predicted molar refractivity (Wildman–Crippen MR) is 130 cm³/mol. The van der Waals surface area contributed by atoms with E-state index in [1.54, 1.807) is 15.1 Å². The van der Waals surface area contributed by atoms with Gasteiger partial charge in [-0.3, -0.25) is 13.9 Å². The van der Waals surface area contributed by atoms with Gasteiger partial charge in [0, 0.05) is 47.5 Å². The molecule has 1 N–H and O–H groups in total. The van der Waals surface area contributed by atoms with Gasteiger partial charge in [-0.2, -0.15) is 5.10 Å². The van der Waals surface area contributed by atoms with Crippen molar-refractivity contribution in [2.75, 3.05) is 0 Å². The van der Waals surface area contributed by atoms with E-state index in [1.807, 2.05) is 44.6 Å². The third-order valence-electron chi connectivity index (χ3n) is 6.06. The van der Waals surface area contributed by atoms with Crippen LogP contribution in [-0.2, 0) is 7.05 Å². The van der Waals surface area contributed by atoms with Gasteiger partial charge >= 0.3 is 0 Å². The van der Waals surface area contributed by atoms with E-state index in [4.69, 9.17) is 4.98 Å². The van der Waals surface area contributed by atoms with Crippen LogP contribution in [-0.4, -0.2) is 30.2 Å². The van der Waals surface area contributed by atoms with E-state index in [0.717, 1.165) is 34.0 Å². The maximum absolute atomic E-state index is 13.2. The molecule has 0 atom stereocenters. The fraction of sp³-hybridized carbons (Fsp3) is 0.346. The minimum Gasteiger partial charge on any atom is -0.303 e. The molecule has 3 aromatic heterocycles. The SMILES string of the molecule is Cc1cc(C2=CC(C)(C)NC(C)(C)C2)cn2c(=O)cc(-c3ccc4nn(C)cc4c3)nc12. The van der Waals surface area contributed by atoms with E-state index in [9.17, 15) is 4.79 Å². The smallest absolute Gasteiger partial charge is 0.258 e. The van der Waals surface area contributed by atoms with Crippen LogP contribution in [0.3, 0.4) is 0 Å². The van der Waals surface area contributed by atoms with Gasteiger partial charge in [-0.05, 0) is 75.9 Å². The predicted octanol–water partition coefficient (Wildman–Crippen LogP) is 4.49. The summed E-state index contributed by atoms with van der Waals surface area (Å²) in [5, 5.41) is 9.13. The lowest BCUT2D eigenvalue weighted by Crippen LogP contribution is -2.53. The van der Waals surface area contributed by atoms with Crippen LogP contribution in [0.4, 0.5) is 0 Å². The first-order valence-corrected chi connectivity index (χ1v) is 11.0. The van der Waals surface area contributed by atoms with Crippen LogP contribution in [0.2, 0.25) is 0 Å². The number of nitrogens with zero attached hydrogens (tertiary/aromatic N) is 4.